The zero-order valence-electron chi connectivity index (χ0n) is 13.0. The number of benzene rings is 2. The summed E-state index contributed by atoms with van der Waals surface area (Å²) in [4.78, 5) is 0. The minimum absolute atomic E-state index is 0.118. The number of allylic oxidation sites excluding steroid dienone is 1. The Hall–Kier alpha value is -2.20. The number of unbranched alkanes of at least 4 members (excludes halogenated alkanes) is 1. The van der Waals surface area contributed by atoms with Gasteiger partial charge in [0.15, 0.2) is 11.6 Å². The number of aliphatic hydroxyl groups excluding tert-OH is 1. The molecule has 0 saturated carbocycles. The predicted molar refractivity (Wildman–Crippen MR) is 88.0 cm³/mol. The first kappa shape index (κ1) is 17.2. The number of halogens is 2. The smallest absolute Gasteiger partial charge is 0.200 e. The number of hydrogen-bond acceptors (Lipinski definition) is 2. The fraction of sp³-hybridized carbons (Fsp3) is 0.263. The monoisotopic (exact) mass is 318 g/mol. The topological polar surface area (TPSA) is 40.5 Å². The Morgan fingerprint density at radius 1 is 1.04 bits per heavy atom. The van der Waals surface area contributed by atoms with Gasteiger partial charge >= 0.3 is 0 Å². The van der Waals surface area contributed by atoms with E-state index < -0.39 is 17.4 Å². The molecule has 4 heteroatoms. The Bertz CT molecular complexity index is 677. The molecular formula is C19H20F2O2. The van der Waals surface area contributed by atoms with Crippen molar-refractivity contribution in [2.45, 2.75) is 32.3 Å². The van der Waals surface area contributed by atoms with Gasteiger partial charge < -0.3 is 10.2 Å². The highest BCUT2D eigenvalue weighted by Gasteiger charge is 2.13. The Morgan fingerprint density at radius 3 is 2.39 bits per heavy atom. The number of phenolic OH excluding ortho intramolecular Hbond substituents is 1. The molecule has 122 valence electrons. The van der Waals surface area contributed by atoms with Gasteiger partial charge in [0.25, 0.3) is 0 Å². The lowest BCUT2D eigenvalue weighted by atomic mass is 10.0. The molecule has 0 aliphatic rings. The fourth-order valence-corrected chi connectivity index (χ4v) is 2.29. The van der Waals surface area contributed by atoms with Gasteiger partial charge in [0, 0.05) is 5.56 Å². The zero-order valence-corrected chi connectivity index (χ0v) is 13.0. The predicted octanol–water partition coefficient (Wildman–Crippen LogP) is 4.90. The molecule has 2 N–H and O–H groups in total. The maximum Gasteiger partial charge on any atom is 0.200 e. The molecular weight excluding hydrogens is 298 g/mol. The molecule has 0 aliphatic carbocycles. The van der Waals surface area contributed by atoms with E-state index >= 15 is 0 Å². The van der Waals surface area contributed by atoms with E-state index in [2.05, 4.69) is 0 Å². The van der Waals surface area contributed by atoms with Crippen molar-refractivity contribution in [2.24, 2.45) is 0 Å². The summed E-state index contributed by atoms with van der Waals surface area (Å²) in [7, 11) is 0. The molecule has 2 aromatic rings. The van der Waals surface area contributed by atoms with Crippen LogP contribution in [-0.2, 0) is 0 Å². The van der Waals surface area contributed by atoms with Crippen LogP contribution in [0.3, 0.4) is 0 Å². The van der Waals surface area contributed by atoms with Crippen molar-refractivity contribution in [1.29, 1.82) is 0 Å². The quantitative estimate of drug-likeness (QED) is 0.744. The van der Waals surface area contributed by atoms with Crippen LogP contribution in [0.4, 0.5) is 8.78 Å². The minimum Gasteiger partial charge on any atom is -0.505 e. The fourth-order valence-electron chi connectivity index (χ4n) is 2.29. The third kappa shape index (κ3) is 4.63. The van der Waals surface area contributed by atoms with Gasteiger partial charge in [0.2, 0.25) is 5.82 Å². The van der Waals surface area contributed by atoms with Gasteiger partial charge in [-0.15, -0.1) is 0 Å². The highest BCUT2D eigenvalue weighted by Crippen LogP contribution is 2.29. The summed E-state index contributed by atoms with van der Waals surface area (Å²) in [6, 6.07) is 9.57. The van der Waals surface area contributed by atoms with E-state index in [1.165, 1.54) is 6.07 Å². The number of phenols is 1. The number of aromatic hydroxyl groups is 1. The first-order valence-electron chi connectivity index (χ1n) is 7.61. The van der Waals surface area contributed by atoms with Crippen molar-refractivity contribution in [2.75, 3.05) is 0 Å². The number of aliphatic hydroxyl groups is 1. The van der Waals surface area contributed by atoms with Crippen LogP contribution in [0.2, 0.25) is 0 Å². The summed E-state index contributed by atoms with van der Waals surface area (Å²) >= 11 is 0. The van der Waals surface area contributed by atoms with Crippen molar-refractivity contribution in [1.82, 2.24) is 0 Å². The van der Waals surface area contributed by atoms with Crippen LogP contribution >= 0.6 is 0 Å². The van der Waals surface area contributed by atoms with E-state index in [0.717, 1.165) is 30.9 Å². The standard InChI is InChI=1S/C19H20F2O2/c1-13(22)5-3-2-4-6-14-7-9-15(10-8-14)16-11-12-17(23)19(21)18(16)20/h4,6-13,22-23H,2-3,5H2,1H3. The maximum atomic E-state index is 13.8. The van der Waals surface area contributed by atoms with Gasteiger partial charge in [-0.05, 0) is 49.4 Å². The van der Waals surface area contributed by atoms with E-state index in [-0.39, 0.29) is 11.7 Å². The zero-order chi connectivity index (χ0) is 16.8. The molecule has 0 bridgehead atoms. The molecule has 2 nitrogen and oxygen atoms in total. The van der Waals surface area contributed by atoms with Crippen LogP contribution < -0.4 is 0 Å². The average molecular weight is 318 g/mol. The summed E-state index contributed by atoms with van der Waals surface area (Å²) in [6.45, 7) is 1.77. The van der Waals surface area contributed by atoms with Crippen molar-refractivity contribution in [3.05, 3.63) is 59.7 Å². The third-order valence-electron chi connectivity index (χ3n) is 3.59. The first-order valence-corrected chi connectivity index (χ1v) is 7.61. The van der Waals surface area contributed by atoms with Crippen molar-refractivity contribution >= 4 is 6.08 Å². The molecule has 1 unspecified atom stereocenters. The normalized spacial score (nSPS) is 12.7. The van der Waals surface area contributed by atoms with Crippen LogP contribution in [0.25, 0.3) is 17.2 Å². The molecule has 23 heavy (non-hydrogen) atoms. The molecule has 0 aromatic heterocycles. The Balaban J connectivity index is 2.05. The summed E-state index contributed by atoms with van der Waals surface area (Å²) in [5.41, 5.74) is 1.63. The SMILES string of the molecule is CC(O)CCCC=Cc1ccc(-c2ccc(O)c(F)c2F)cc1. The van der Waals surface area contributed by atoms with E-state index in [4.69, 9.17) is 10.2 Å². The van der Waals surface area contributed by atoms with E-state index in [0.29, 0.717) is 5.56 Å². The molecule has 0 saturated heterocycles. The molecule has 0 amide bonds. The largest absolute Gasteiger partial charge is 0.505 e. The lowest BCUT2D eigenvalue weighted by Gasteiger charge is -2.06. The summed E-state index contributed by atoms with van der Waals surface area (Å²) in [5.74, 6) is -2.97. The summed E-state index contributed by atoms with van der Waals surface area (Å²) in [6.07, 6.45) is 6.28. The molecule has 2 aromatic carbocycles. The molecule has 0 spiro atoms. The van der Waals surface area contributed by atoms with Crippen LogP contribution in [0, 0.1) is 11.6 Å². The first-order chi connectivity index (χ1) is 11.0. The Labute approximate surface area is 134 Å². The maximum absolute atomic E-state index is 13.8. The Morgan fingerprint density at radius 2 is 1.74 bits per heavy atom. The van der Waals surface area contributed by atoms with Crippen molar-refractivity contribution in [3.63, 3.8) is 0 Å². The van der Waals surface area contributed by atoms with Crippen LogP contribution in [0.5, 0.6) is 5.75 Å². The van der Waals surface area contributed by atoms with E-state index in [9.17, 15) is 8.78 Å². The summed E-state index contributed by atoms with van der Waals surface area (Å²) in [5, 5.41) is 18.3. The molecule has 0 aliphatic heterocycles. The minimum atomic E-state index is -1.23. The highest BCUT2D eigenvalue weighted by molar-refractivity contribution is 5.67. The second-order valence-electron chi connectivity index (χ2n) is 5.56. The van der Waals surface area contributed by atoms with Gasteiger partial charge in [0.1, 0.15) is 0 Å². The second-order valence-corrected chi connectivity index (χ2v) is 5.56. The third-order valence-corrected chi connectivity index (χ3v) is 3.59. The highest BCUT2D eigenvalue weighted by atomic mass is 19.2. The summed E-state index contributed by atoms with van der Waals surface area (Å²) < 4.78 is 27.2. The van der Waals surface area contributed by atoms with Crippen LogP contribution in [0.1, 0.15) is 31.7 Å². The average Bonchev–Trinajstić information content (AvgIpc) is 2.53. The van der Waals surface area contributed by atoms with E-state index in [1.807, 2.05) is 24.3 Å². The lowest BCUT2D eigenvalue weighted by Crippen LogP contribution is -1.97. The number of hydrogen-bond donors (Lipinski definition) is 2. The Kier molecular flexibility index (Phi) is 5.88. The van der Waals surface area contributed by atoms with Gasteiger partial charge in [-0.25, -0.2) is 4.39 Å². The van der Waals surface area contributed by atoms with Gasteiger partial charge in [-0.2, -0.15) is 4.39 Å². The number of rotatable bonds is 6. The molecule has 0 fully saturated rings. The molecule has 1 atom stereocenters. The van der Waals surface area contributed by atoms with Crippen molar-refractivity contribution < 1.29 is 19.0 Å². The van der Waals surface area contributed by atoms with Crippen LogP contribution in [-0.4, -0.2) is 16.3 Å². The second kappa shape index (κ2) is 7.88. The van der Waals surface area contributed by atoms with Crippen molar-refractivity contribution in [3.8, 4) is 16.9 Å². The van der Waals surface area contributed by atoms with Gasteiger partial charge in [0.05, 0.1) is 6.10 Å². The molecule has 0 heterocycles. The van der Waals surface area contributed by atoms with Crippen LogP contribution in [0.15, 0.2) is 42.5 Å². The van der Waals surface area contributed by atoms with Gasteiger partial charge in [-0.3, -0.25) is 0 Å². The lowest BCUT2D eigenvalue weighted by molar-refractivity contribution is 0.182. The van der Waals surface area contributed by atoms with E-state index in [1.54, 1.807) is 19.1 Å². The molecule has 2 rings (SSSR count). The van der Waals surface area contributed by atoms with Gasteiger partial charge in [-0.1, -0.05) is 36.4 Å². The molecule has 0 radical (unpaired) electrons.